The Kier molecular flexibility index (Phi) is 4.19. The van der Waals surface area contributed by atoms with E-state index in [0.717, 1.165) is 29.9 Å². The van der Waals surface area contributed by atoms with E-state index in [0.29, 0.717) is 18.1 Å². The number of fused-ring (bicyclic) bond motifs is 1. The van der Waals surface area contributed by atoms with Crippen LogP contribution in [0.25, 0.3) is 16.9 Å². The maximum atomic E-state index is 12.6. The van der Waals surface area contributed by atoms with Crippen molar-refractivity contribution in [2.45, 2.75) is 12.5 Å². The van der Waals surface area contributed by atoms with E-state index in [1.165, 1.54) is 0 Å². The number of pyridine rings is 1. The normalized spacial score (nSPS) is 16.4. The smallest absolute Gasteiger partial charge is 0.253 e. The van der Waals surface area contributed by atoms with Crippen LogP contribution in [-0.4, -0.2) is 54.2 Å². The standard InChI is InChI=1S/C20H20N8O/c1-26-11-15(10-23-26)17-4-6-22-20(25-17)28-8-5-16(13-28)24-19(29)14-2-3-18-21-7-9-27(18)12-14/h2-4,6-7,9-12,16H,5,8,13H2,1H3,(H,24,29). The molecule has 9 nitrogen and oxygen atoms in total. The summed E-state index contributed by atoms with van der Waals surface area (Å²) < 4.78 is 3.59. The third-order valence-corrected chi connectivity index (χ3v) is 5.10. The summed E-state index contributed by atoms with van der Waals surface area (Å²) in [6.07, 6.45) is 11.7. The number of carbonyl (C=O) groups is 1. The van der Waals surface area contributed by atoms with Gasteiger partial charge in [0.05, 0.1) is 17.5 Å². The highest BCUT2D eigenvalue weighted by atomic mass is 16.1. The number of nitrogens with zero attached hydrogens (tertiary/aromatic N) is 7. The van der Waals surface area contributed by atoms with E-state index < -0.39 is 0 Å². The number of carbonyl (C=O) groups excluding carboxylic acids is 1. The van der Waals surface area contributed by atoms with Crippen molar-refractivity contribution in [2.75, 3.05) is 18.0 Å². The van der Waals surface area contributed by atoms with E-state index in [2.05, 4.69) is 30.3 Å². The molecule has 29 heavy (non-hydrogen) atoms. The number of aryl methyl sites for hydroxylation is 1. The van der Waals surface area contributed by atoms with Crippen molar-refractivity contribution in [1.29, 1.82) is 0 Å². The van der Waals surface area contributed by atoms with Gasteiger partial charge in [-0.3, -0.25) is 9.48 Å². The monoisotopic (exact) mass is 388 g/mol. The zero-order valence-corrected chi connectivity index (χ0v) is 15.9. The molecule has 0 spiro atoms. The van der Waals surface area contributed by atoms with E-state index in [4.69, 9.17) is 0 Å². The lowest BCUT2D eigenvalue weighted by Crippen LogP contribution is -2.37. The van der Waals surface area contributed by atoms with Gasteiger partial charge in [0.25, 0.3) is 5.91 Å². The second kappa shape index (κ2) is 7.01. The van der Waals surface area contributed by atoms with E-state index in [1.807, 2.05) is 36.0 Å². The molecule has 5 rings (SSSR count). The number of amides is 1. The lowest BCUT2D eigenvalue weighted by Gasteiger charge is -2.17. The van der Waals surface area contributed by atoms with Crippen molar-refractivity contribution < 1.29 is 4.79 Å². The maximum Gasteiger partial charge on any atom is 0.253 e. The number of rotatable bonds is 4. The van der Waals surface area contributed by atoms with Gasteiger partial charge in [-0.1, -0.05) is 0 Å². The molecule has 1 aliphatic heterocycles. The molecule has 0 radical (unpaired) electrons. The number of nitrogens with one attached hydrogen (secondary N) is 1. The van der Waals surface area contributed by atoms with Gasteiger partial charge >= 0.3 is 0 Å². The lowest BCUT2D eigenvalue weighted by atomic mass is 10.2. The second-order valence-electron chi connectivity index (χ2n) is 7.16. The summed E-state index contributed by atoms with van der Waals surface area (Å²) in [6, 6.07) is 5.56. The third-order valence-electron chi connectivity index (χ3n) is 5.10. The van der Waals surface area contributed by atoms with Gasteiger partial charge in [0.15, 0.2) is 0 Å². The van der Waals surface area contributed by atoms with Gasteiger partial charge in [-0.25, -0.2) is 15.0 Å². The van der Waals surface area contributed by atoms with Gasteiger partial charge in [-0.05, 0) is 24.6 Å². The summed E-state index contributed by atoms with van der Waals surface area (Å²) in [6.45, 7) is 1.47. The lowest BCUT2D eigenvalue weighted by molar-refractivity contribution is 0.0940. The fraction of sp³-hybridized carbons (Fsp3) is 0.250. The van der Waals surface area contributed by atoms with E-state index >= 15 is 0 Å². The number of hydrogen-bond donors (Lipinski definition) is 1. The summed E-state index contributed by atoms with van der Waals surface area (Å²) in [4.78, 5) is 28.0. The Labute approximate surface area is 167 Å². The Bertz CT molecular complexity index is 1180. The first-order valence-electron chi connectivity index (χ1n) is 9.46. The molecular weight excluding hydrogens is 368 g/mol. The first-order valence-corrected chi connectivity index (χ1v) is 9.46. The highest BCUT2D eigenvalue weighted by Gasteiger charge is 2.26. The van der Waals surface area contributed by atoms with Crippen LogP contribution in [0.2, 0.25) is 0 Å². The average molecular weight is 388 g/mol. The molecule has 0 bridgehead atoms. The predicted molar refractivity (Wildman–Crippen MR) is 108 cm³/mol. The summed E-state index contributed by atoms with van der Waals surface area (Å²) in [5.74, 6) is 0.584. The summed E-state index contributed by atoms with van der Waals surface area (Å²) >= 11 is 0. The molecule has 1 N–H and O–H groups in total. The molecule has 1 fully saturated rings. The summed E-state index contributed by atoms with van der Waals surface area (Å²) in [5, 5.41) is 7.32. The fourth-order valence-corrected chi connectivity index (χ4v) is 3.60. The van der Waals surface area contributed by atoms with E-state index in [1.54, 1.807) is 35.5 Å². The van der Waals surface area contributed by atoms with Crippen LogP contribution in [0, 0.1) is 0 Å². The van der Waals surface area contributed by atoms with Crippen molar-refractivity contribution >= 4 is 17.5 Å². The Hall–Kier alpha value is -3.75. The molecular formula is C20H20N8O. The van der Waals surface area contributed by atoms with Crippen molar-refractivity contribution in [1.82, 2.24) is 34.4 Å². The maximum absolute atomic E-state index is 12.6. The van der Waals surface area contributed by atoms with Crippen LogP contribution < -0.4 is 10.2 Å². The van der Waals surface area contributed by atoms with Crippen LogP contribution in [0.4, 0.5) is 5.95 Å². The average Bonchev–Trinajstić information content (AvgIpc) is 3.48. The van der Waals surface area contributed by atoms with Gasteiger partial charge in [0.1, 0.15) is 5.65 Å². The van der Waals surface area contributed by atoms with Gasteiger partial charge in [0.2, 0.25) is 5.95 Å². The quantitative estimate of drug-likeness (QED) is 0.570. The SMILES string of the molecule is Cn1cc(-c2ccnc(N3CCC(NC(=O)c4ccc5nccn5c4)C3)n2)cn1. The first kappa shape index (κ1) is 17.4. The van der Waals surface area contributed by atoms with Crippen molar-refractivity contribution in [3.05, 3.63) is 60.9 Å². The molecule has 4 aromatic heterocycles. The van der Waals surface area contributed by atoms with Crippen molar-refractivity contribution in [2.24, 2.45) is 7.05 Å². The third kappa shape index (κ3) is 3.42. The highest BCUT2D eigenvalue weighted by Crippen LogP contribution is 2.21. The molecule has 9 heteroatoms. The minimum absolute atomic E-state index is 0.0478. The Morgan fingerprint density at radius 3 is 2.97 bits per heavy atom. The number of aromatic nitrogens is 6. The van der Waals surface area contributed by atoms with Gasteiger partial charge in [-0.15, -0.1) is 0 Å². The van der Waals surface area contributed by atoms with Crippen LogP contribution in [0.1, 0.15) is 16.8 Å². The minimum Gasteiger partial charge on any atom is -0.347 e. The Morgan fingerprint density at radius 2 is 2.10 bits per heavy atom. The molecule has 146 valence electrons. The molecule has 1 amide bonds. The largest absolute Gasteiger partial charge is 0.347 e. The van der Waals surface area contributed by atoms with Gasteiger partial charge < -0.3 is 14.6 Å². The van der Waals surface area contributed by atoms with Crippen molar-refractivity contribution in [3.63, 3.8) is 0 Å². The highest BCUT2D eigenvalue weighted by molar-refractivity contribution is 5.94. The zero-order chi connectivity index (χ0) is 19.8. The van der Waals surface area contributed by atoms with Crippen LogP contribution in [0.5, 0.6) is 0 Å². The van der Waals surface area contributed by atoms with Crippen molar-refractivity contribution in [3.8, 4) is 11.3 Å². The topological polar surface area (TPSA) is 93.2 Å². The Morgan fingerprint density at radius 1 is 1.17 bits per heavy atom. The second-order valence-corrected chi connectivity index (χ2v) is 7.16. The summed E-state index contributed by atoms with van der Waals surface area (Å²) in [7, 11) is 1.88. The molecule has 1 unspecified atom stereocenters. The van der Waals surface area contributed by atoms with Gasteiger partial charge in [0, 0.05) is 62.7 Å². The zero-order valence-electron chi connectivity index (χ0n) is 15.9. The molecule has 0 saturated carbocycles. The first-order chi connectivity index (χ1) is 14.2. The Balaban J connectivity index is 1.27. The molecule has 1 aliphatic rings. The van der Waals surface area contributed by atoms with Crippen LogP contribution in [-0.2, 0) is 7.05 Å². The van der Waals surface area contributed by atoms with E-state index in [-0.39, 0.29) is 11.9 Å². The molecule has 1 saturated heterocycles. The molecule has 0 aromatic carbocycles. The molecule has 1 atom stereocenters. The minimum atomic E-state index is -0.0857. The van der Waals surface area contributed by atoms with E-state index in [9.17, 15) is 4.79 Å². The summed E-state index contributed by atoms with van der Waals surface area (Å²) in [5.41, 5.74) is 3.22. The fourth-order valence-electron chi connectivity index (χ4n) is 3.60. The number of imidazole rings is 1. The molecule has 0 aliphatic carbocycles. The number of hydrogen-bond acceptors (Lipinski definition) is 6. The molecule has 4 aromatic rings. The molecule has 5 heterocycles. The van der Waals surface area contributed by atoms with Crippen LogP contribution >= 0.6 is 0 Å². The van der Waals surface area contributed by atoms with Crippen LogP contribution in [0.15, 0.2) is 55.4 Å². The van der Waals surface area contributed by atoms with Crippen LogP contribution in [0.3, 0.4) is 0 Å². The number of anilines is 1. The predicted octanol–water partition coefficient (Wildman–Crippen LogP) is 1.53. The van der Waals surface area contributed by atoms with Gasteiger partial charge in [-0.2, -0.15) is 5.10 Å².